The lowest BCUT2D eigenvalue weighted by Gasteiger charge is -2.09. The third-order valence-electron chi connectivity index (χ3n) is 5.60. The molecule has 0 saturated heterocycles. The standard InChI is InChI=1S/C28H22ClFN4OS/c29-26-9-5-4-6-21(26)18-35-25-16-10-20(11-17-25)27-32-33(19-31-23-14-12-22(30)13-15-23)28(36)34(27)24-7-2-1-3-8-24/h1-17,31H,18-19H2. The van der Waals surface area contributed by atoms with E-state index < -0.39 is 0 Å². The van der Waals surface area contributed by atoms with Crippen molar-refractivity contribution in [3.8, 4) is 22.8 Å². The number of halogens is 2. The van der Waals surface area contributed by atoms with E-state index >= 15 is 0 Å². The summed E-state index contributed by atoms with van der Waals surface area (Å²) in [4.78, 5) is 0. The van der Waals surface area contributed by atoms with Crippen molar-refractivity contribution in [1.82, 2.24) is 14.3 Å². The van der Waals surface area contributed by atoms with Crippen LogP contribution in [0.3, 0.4) is 0 Å². The molecule has 4 aromatic carbocycles. The second kappa shape index (κ2) is 10.8. The van der Waals surface area contributed by atoms with Crippen LogP contribution in [-0.2, 0) is 13.3 Å². The molecule has 1 aromatic heterocycles. The number of hydrogen-bond acceptors (Lipinski definition) is 4. The highest BCUT2D eigenvalue weighted by Gasteiger charge is 2.15. The fourth-order valence-corrected chi connectivity index (χ4v) is 4.21. The molecule has 0 bridgehead atoms. The topological polar surface area (TPSA) is 44.0 Å². The van der Waals surface area contributed by atoms with Crippen LogP contribution >= 0.6 is 23.8 Å². The summed E-state index contributed by atoms with van der Waals surface area (Å²) in [7, 11) is 0. The average molecular weight is 517 g/mol. The largest absolute Gasteiger partial charge is 0.489 e. The molecule has 0 amide bonds. The fourth-order valence-electron chi connectivity index (χ4n) is 3.72. The molecule has 0 saturated carbocycles. The third kappa shape index (κ3) is 5.32. The van der Waals surface area contributed by atoms with Crippen LogP contribution in [0, 0.1) is 10.6 Å². The molecule has 8 heteroatoms. The van der Waals surface area contributed by atoms with Crippen LogP contribution in [0.4, 0.5) is 10.1 Å². The zero-order valence-corrected chi connectivity index (χ0v) is 20.7. The van der Waals surface area contributed by atoms with Crippen molar-refractivity contribution in [2.45, 2.75) is 13.3 Å². The van der Waals surface area contributed by atoms with Gasteiger partial charge >= 0.3 is 0 Å². The summed E-state index contributed by atoms with van der Waals surface area (Å²) in [6.45, 7) is 0.708. The van der Waals surface area contributed by atoms with Gasteiger partial charge in [0.2, 0.25) is 4.77 Å². The van der Waals surface area contributed by atoms with Gasteiger partial charge in [-0.25, -0.2) is 9.07 Å². The van der Waals surface area contributed by atoms with Gasteiger partial charge in [-0.2, -0.15) is 0 Å². The van der Waals surface area contributed by atoms with E-state index in [-0.39, 0.29) is 5.82 Å². The number of hydrogen-bond donors (Lipinski definition) is 1. The van der Waals surface area contributed by atoms with Gasteiger partial charge in [0.25, 0.3) is 0 Å². The van der Waals surface area contributed by atoms with Gasteiger partial charge in [-0.3, -0.25) is 4.57 Å². The molecular formula is C28H22ClFN4OS. The average Bonchev–Trinajstić information content (AvgIpc) is 3.24. The van der Waals surface area contributed by atoms with Crippen molar-refractivity contribution in [2.24, 2.45) is 0 Å². The molecule has 180 valence electrons. The van der Waals surface area contributed by atoms with Crippen LogP contribution < -0.4 is 10.1 Å². The summed E-state index contributed by atoms with van der Waals surface area (Å²) in [6.07, 6.45) is 0. The maximum atomic E-state index is 13.2. The number of aromatic nitrogens is 3. The maximum absolute atomic E-state index is 13.2. The van der Waals surface area contributed by atoms with Gasteiger partial charge in [-0.05, 0) is 78.9 Å². The maximum Gasteiger partial charge on any atom is 0.204 e. The molecule has 0 aliphatic heterocycles. The van der Waals surface area contributed by atoms with E-state index in [1.54, 1.807) is 16.8 Å². The molecular weight excluding hydrogens is 495 g/mol. The van der Waals surface area contributed by atoms with E-state index in [4.69, 9.17) is 33.7 Å². The van der Waals surface area contributed by atoms with Crippen molar-refractivity contribution in [3.05, 3.63) is 124 Å². The molecule has 5 rings (SSSR count). The van der Waals surface area contributed by atoms with E-state index in [1.165, 1.54) is 12.1 Å². The van der Waals surface area contributed by atoms with E-state index in [0.29, 0.717) is 28.9 Å². The Bertz CT molecular complexity index is 1520. The number of nitrogens with one attached hydrogen (secondary N) is 1. The van der Waals surface area contributed by atoms with Crippen molar-refractivity contribution in [2.75, 3.05) is 5.32 Å². The molecule has 0 aliphatic rings. The normalized spacial score (nSPS) is 10.8. The Morgan fingerprint density at radius 3 is 2.28 bits per heavy atom. The molecule has 0 atom stereocenters. The molecule has 5 aromatic rings. The number of benzene rings is 4. The lowest BCUT2D eigenvalue weighted by Crippen LogP contribution is -2.10. The minimum atomic E-state index is -0.285. The summed E-state index contributed by atoms with van der Waals surface area (Å²) >= 11 is 12.0. The first-order valence-electron chi connectivity index (χ1n) is 11.3. The van der Waals surface area contributed by atoms with E-state index in [1.807, 2.05) is 83.4 Å². The van der Waals surface area contributed by atoms with E-state index in [2.05, 4.69) is 5.32 Å². The van der Waals surface area contributed by atoms with Gasteiger partial charge < -0.3 is 10.1 Å². The highest BCUT2D eigenvalue weighted by atomic mass is 35.5. The lowest BCUT2D eigenvalue weighted by atomic mass is 10.2. The SMILES string of the molecule is Fc1ccc(NCn2nc(-c3ccc(OCc4ccccc4Cl)cc3)n(-c3ccccc3)c2=S)cc1. The number of anilines is 1. The monoisotopic (exact) mass is 516 g/mol. The molecule has 36 heavy (non-hydrogen) atoms. The quantitative estimate of drug-likeness (QED) is 0.217. The zero-order chi connectivity index (χ0) is 24.9. The van der Waals surface area contributed by atoms with Crippen LogP contribution in [0.5, 0.6) is 5.75 Å². The van der Waals surface area contributed by atoms with E-state index in [9.17, 15) is 4.39 Å². The first kappa shape index (κ1) is 23.8. The summed E-state index contributed by atoms with van der Waals surface area (Å²) < 4.78 is 23.4. The fraction of sp³-hybridized carbons (Fsp3) is 0.0714. The first-order valence-corrected chi connectivity index (χ1v) is 12.1. The molecule has 0 fully saturated rings. The molecule has 0 aliphatic carbocycles. The van der Waals surface area contributed by atoms with Crippen LogP contribution in [0.15, 0.2) is 103 Å². The van der Waals surface area contributed by atoms with Gasteiger partial charge in [0.15, 0.2) is 5.82 Å². The van der Waals surface area contributed by atoms with Crippen molar-refractivity contribution >= 4 is 29.5 Å². The summed E-state index contributed by atoms with van der Waals surface area (Å²) in [5, 5.41) is 8.72. The lowest BCUT2D eigenvalue weighted by molar-refractivity contribution is 0.306. The zero-order valence-electron chi connectivity index (χ0n) is 19.1. The van der Waals surface area contributed by atoms with Crippen molar-refractivity contribution in [1.29, 1.82) is 0 Å². The number of nitrogens with zero attached hydrogens (tertiary/aromatic N) is 3. The Labute approximate surface area is 218 Å². The highest BCUT2D eigenvalue weighted by Crippen LogP contribution is 2.26. The Balaban J connectivity index is 1.42. The summed E-state index contributed by atoms with van der Waals surface area (Å²) in [5.41, 5.74) is 3.49. The third-order valence-corrected chi connectivity index (χ3v) is 6.36. The molecule has 0 radical (unpaired) electrons. The van der Waals surface area contributed by atoms with Gasteiger partial charge in [-0.15, -0.1) is 5.10 Å². The summed E-state index contributed by atoms with van der Waals surface area (Å²) in [6, 6.07) is 31.3. The number of para-hydroxylation sites is 1. The smallest absolute Gasteiger partial charge is 0.204 e. The second-order valence-electron chi connectivity index (χ2n) is 8.02. The van der Waals surface area contributed by atoms with Gasteiger partial charge in [0.05, 0.1) is 0 Å². The van der Waals surface area contributed by atoms with E-state index in [0.717, 1.165) is 28.3 Å². The number of rotatable bonds is 8. The molecule has 0 spiro atoms. The minimum Gasteiger partial charge on any atom is -0.489 e. The summed E-state index contributed by atoms with van der Waals surface area (Å²) in [5.74, 6) is 1.14. The molecule has 0 unspecified atom stereocenters. The van der Waals surface area contributed by atoms with Crippen LogP contribution in [-0.4, -0.2) is 14.3 Å². The molecule has 1 heterocycles. The number of ether oxygens (including phenoxy) is 1. The minimum absolute atomic E-state index is 0.285. The Kier molecular flexibility index (Phi) is 7.11. The van der Waals surface area contributed by atoms with Gasteiger partial charge in [0, 0.05) is 27.5 Å². The predicted octanol–water partition coefficient (Wildman–Crippen LogP) is 7.51. The van der Waals surface area contributed by atoms with Crippen molar-refractivity contribution < 1.29 is 9.13 Å². The molecule has 1 N–H and O–H groups in total. The first-order chi connectivity index (χ1) is 17.6. The Morgan fingerprint density at radius 2 is 1.56 bits per heavy atom. The van der Waals surface area contributed by atoms with Crippen molar-refractivity contribution in [3.63, 3.8) is 0 Å². The van der Waals surface area contributed by atoms with Crippen LogP contribution in [0.2, 0.25) is 5.02 Å². The predicted molar refractivity (Wildman–Crippen MR) is 144 cm³/mol. The van der Waals surface area contributed by atoms with Crippen LogP contribution in [0.1, 0.15) is 5.56 Å². The highest BCUT2D eigenvalue weighted by molar-refractivity contribution is 7.71. The van der Waals surface area contributed by atoms with Gasteiger partial charge in [-0.1, -0.05) is 48.0 Å². The van der Waals surface area contributed by atoms with Crippen LogP contribution in [0.25, 0.3) is 17.1 Å². The molecule has 5 nitrogen and oxygen atoms in total. The Morgan fingerprint density at radius 1 is 0.861 bits per heavy atom. The second-order valence-corrected chi connectivity index (χ2v) is 8.80. The Hall–Kier alpha value is -3.94. The van der Waals surface area contributed by atoms with Gasteiger partial charge in [0.1, 0.15) is 24.8 Å².